The van der Waals surface area contributed by atoms with Crippen LogP contribution in [0.2, 0.25) is 4.34 Å². The molecule has 2 heterocycles. The molecule has 1 aromatic rings. The quantitative estimate of drug-likeness (QED) is 0.866. The van der Waals surface area contributed by atoms with Gasteiger partial charge in [-0.25, -0.2) is 18.1 Å². The molecule has 0 spiro atoms. The van der Waals surface area contributed by atoms with Crippen molar-refractivity contribution in [2.24, 2.45) is 4.99 Å². The summed E-state index contributed by atoms with van der Waals surface area (Å²) in [4.78, 5) is 4.47. The van der Waals surface area contributed by atoms with Gasteiger partial charge in [0.25, 0.3) is 10.0 Å². The second-order valence-electron chi connectivity index (χ2n) is 4.66. The average molecular weight is 336 g/mol. The highest BCUT2D eigenvalue weighted by atomic mass is 35.5. The van der Waals surface area contributed by atoms with Crippen LogP contribution in [0.4, 0.5) is 5.69 Å². The third-order valence-electron chi connectivity index (χ3n) is 3.07. The van der Waals surface area contributed by atoms with Crippen LogP contribution in [0, 0.1) is 0 Å². The molecule has 0 amide bonds. The number of rotatable bonds is 5. The normalized spacial score (nSPS) is 20.1. The minimum absolute atomic E-state index is 0.121. The van der Waals surface area contributed by atoms with E-state index >= 15 is 0 Å². The summed E-state index contributed by atoms with van der Waals surface area (Å²) in [6.45, 7) is 4.18. The number of guanidine groups is 1. The molecule has 5 nitrogen and oxygen atoms in total. The number of nitrogens with zero attached hydrogens (tertiary/aromatic N) is 1. The molecule has 1 aliphatic heterocycles. The van der Waals surface area contributed by atoms with E-state index in [1.165, 1.54) is 0 Å². The van der Waals surface area contributed by atoms with Gasteiger partial charge in [0, 0.05) is 0 Å². The Kier molecular flexibility index (Phi) is 4.93. The minimum atomic E-state index is -3.55. The minimum Gasteiger partial charge on any atom is -0.324 e. The second kappa shape index (κ2) is 6.32. The summed E-state index contributed by atoms with van der Waals surface area (Å²) in [5.41, 5.74) is 0.503. The van der Waals surface area contributed by atoms with E-state index in [0.29, 0.717) is 10.0 Å². The molecule has 1 unspecified atom stereocenters. The summed E-state index contributed by atoms with van der Waals surface area (Å²) in [6.07, 6.45) is 4.02. The molecule has 1 atom stereocenters. The van der Waals surface area contributed by atoms with Crippen LogP contribution >= 0.6 is 22.9 Å². The summed E-state index contributed by atoms with van der Waals surface area (Å²) in [6, 6.07) is 1.73. The van der Waals surface area contributed by atoms with Crippen molar-refractivity contribution in [3.63, 3.8) is 0 Å². The zero-order valence-corrected chi connectivity index (χ0v) is 13.8. The third kappa shape index (κ3) is 3.45. The Hall–Kier alpha value is -0.790. The van der Waals surface area contributed by atoms with E-state index in [1.807, 2.05) is 0 Å². The predicted molar refractivity (Wildman–Crippen MR) is 84.3 cm³/mol. The van der Waals surface area contributed by atoms with Crippen LogP contribution in [0.5, 0.6) is 0 Å². The standard InChI is InChI=1S/C12H18ClN3O2S2/c1-3-5-6-8(4-2)14-12-15-9-7-10(13)19-11(9)20(17,18)16-12/h7-8H,3-6H2,1-2H3,(H2,14,15,16). The molecule has 0 bridgehead atoms. The van der Waals surface area contributed by atoms with Crippen molar-refractivity contribution in [2.45, 2.75) is 49.8 Å². The molecular weight excluding hydrogens is 318 g/mol. The van der Waals surface area contributed by atoms with Crippen LogP contribution in [0.1, 0.15) is 39.5 Å². The summed E-state index contributed by atoms with van der Waals surface area (Å²) in [5, 5.41) is 3.00. The van der Waals surface area contributed by atoms with Crippen LogP contribution in [-0.4, -0.2) is 20.4 Å². The summed E-state index contributed by atoms with van der Waals surface area (Å²) in [7, 11) is -3.55. The van der Waals surface area contributed by atoms with Crippen molar-refractivity contribution in [1.29, 1.82) is 0 Å². The number of hydrogen-bond donors (Lipinski definition) is 2. The van der Waals surface area contributed by atoms with Gasteiger partial charge in [0.1, 0.15) is 0 Å². The van der Waals surface area contributed by atoms with Crippen molar-refractivity contribution < 1.29 is 8.42 Å². The monoisotopic (exact) mass is 335 g/mol. The van der Waals surface area contributed by atoms with Crippen molar-refractivity contribution in [3.8, 4) is 0 Å². The maximum Gasteiger partial charge on any atom is 0.275 e. The molecule has 20 heavy (non-hydrogen) atoms. The predicted octanol–water partition coefficient (Wildman–Crippen LogP) is 3.43. The van der Waals surface area contributed by atoms with Gasteiger partial charge < -0.3 is 5.32 Å². The Morgan fingerprint density at radius 3 is 2.85 bits per heavy atom. The lowest BCUT2D eigenvalue weighted by molar-refractivity contribution is 0.562. The third-order valence-corrected chi connectivity index (χ3v) is 6.21. The van der Waals surface area contributed by atoms with Gasteiger partial charge in [0.2, 0.25) is 5.96 Å². The van der Waals surface area contributed by atoms with Gasteiger partial charge in [-0.1, -0.05) is 38.3 Å². The number of halogens is 1. The summed E-state index contributed by atoms with van der Waals surface area (Å²) in [5.74, 6) is 0.287. The average Bonchev–Trinajstić information content (AvgIpc) is 2.75. The van der Waals surface area contributed by atoms with E-state index in [9.17, 15) is 8.42 Å². The molecule has 8 heteroatoms. The number of unbranched alkanes of at least 4 members (excludes halogenated alkanes) is 1. The van der Waals surface area contributed by atoms with Crippen LogP contribution < -0.4 is 10.0 Å². The number of fused-ring (bicyclic) bond motifs is 1. The fourth-order valence-electron chi connectivity index (χ4n) is 2.00. The maximum atomic E-state index is 12.1. The number of thiophene rings is 1. The molecule has 0 saturated carbocycles. The van der Waals surface area contributed by atoms with Crippen LogP contribution in [0.3, 0.4) is 0 Å². The first-order chi connectivity index (χ1) is 9.46. The van der Waals surface area contributed by atoms with Crippen LogP contribution in [0.15, 0.2) is 15.3 Å². The first-order valence-corrected chi connectivity index (χ1v) is 9.31. The molecule has 112 valence electrons. The molecule has 2 rings (SSSR count). The van der Waals surface area contributed by atoms with E-state index in [4.69, 9.17) is 11.6 Å². The molecule has 1 aliphatic rings. The van der Waals surface area contributed by atoms with Gasteiger partial charge in [0.15, 0.2) is 4.21 Å². The van der Waals surface area contributed by atoms with E-state index in [1.54, 1.807) is 6.07 Å². The summed E-state index contributed by atoms with van der Waals surface area (Å²) < 4.78 is 27.3. The number of aliphatic imine (C=N–C) groups is 1. The SMILES string of the molecule is CCCCC(CC)N=C1Nc2cc(Cl)sc2S(=O)(=O)N1. The van der Waals surface area contributed by atoms with Crippen LogP contribution in [-0.2, 0) is 10.0 Å². The molecule has 2 N–H and O–H groups in total. The van der Waals surface area contributed by atoms with Gasteiger partial charge in [-0.2, -0.15) is 0 Å². The van der Waals surface area contributed by atoms with E-state index < -0.39 is 10.0 Å². The molecule has 0 fully saturated rings. The van der Waals surface area contributed by atoms with Gasteiger partial charge >= 0.3 is 0 Å². The Bertz CT molecular complexity index is 610. The van der Waals surface area contributed by atoms with E-state index in [2.05, 4.69) is 28.9 Å². The first-order valence-electron chi connectivity index (χ1n) is 6.63. The Morgan fingerprint density at radius 1 is 1.45 bits per heavy atom. The highest BCUT2D eigenvalue weighted by molar-refractivity contribution is 7.92. The highest BCUT2D eigenvalue weighted by Crippen LogP contribution is 2.36. The van der Waals surface area contributed by atoms with Crippen molar-refractivity contribution >= 4 is 44.6 Å². The Labute approximate surface area is 128 Å². The van der Waals surface area contributed by atoms with E-state index in [-0.39, 0.29) is 16.2 Å². The highest BCUT2D eigenvalue weighted by Gasteiger charge is 2.29. The number of sulfonamides is 1. The van der Waals surface area contributed by atoms with Crippen molar-refractivity contribution in [3.05, 3.63) is 10.4 Å². The molecule has 0 saturated heterocycles. The van der Waals surface area contributed by atoms with Gasteiger partial charge in [0.05, 0.1) is 16.1 Å². The molecule has 1 aromatic heterocycles. The number of nitrogens with one attached hydrogen (secondary N) is 2. The largest absolute Gasteiger partial charge is 0.324 e. The Morgan fingerprint density at radius 2 is 2.20 bits per heavy atom. The van der Waals surface area contributed by atoms with Crippen molar-refractivity contribution in [2.75, 3.05) is 5.32 Å². The van der Waals surface area contributed by atoms with Crippen molar-refractivity contribution in [1.82, 2.24) is 4.72 Å². The van der Waals surface area contributed by atoms with Gasteiger partial charge in [-0.3, -0.25) is 0 Å². The maximum absolute atomic E-state index is 12.1. The molecule has 0 aromatic carbocycles. The first kappa shape index (κ1) is 15.6. The smallest absolute Gasteiger partial charge is 0.275 e. The second-order valence-corrected chi connectivity index (χ2v) is 8.23. The van der Waals surface area contributed by atoms with Crippen LogP contribution in [0.25, 0.3) is 0 Å². The van der Waals surface area contributed by atoms with Gasteiger partial charge in [-0.15, -0.1) is 11.3 Å². The lowest BCUT2D eigenvalue weighted by atomic mass is 10.1. The fraction of sp³-hybridized carbons (Fsp3) is 0.583. The van der Waals surface area contributed by atoms with E-state index in [0.717, 1.165) is 37.0 Å². The number of anilines is 1. The molecule has 0 radical (unpaired) electrons. The zero-order valence-electron chi connectivity index (χ0n) is 11.4. The molecular formula is C12H18ClN3O2S2. The lowest BCUT2D eigenvalue weighted by Crippen LogP contribution is -2.40. The lowest BCUT2D eigenvalue weighted by Gasteiger charge is -2.20. The summed E-state index contributed by atoms with van der Waals surface area (Å²) >= 11 is 6.91. The number of hydrogen-bond acceptors (Lipinski definition) is 4. The van der Waals surface area contributed by atoms with Gasteiger partial charge in [-0.05, 0) is 18.9 Å². The fourth-order valence-corrected chi connectivity index (χ4v) is 4.73. The molecule has 0 aliphatic carbocycles. The Balaban J connectivity index is 2.24. The zero-order chi connectivity index (χ0) is 14.8. The topological polar surface area (TPSA) is 70.6 Å².